The average molecular weight is 1180 g/mol. The molecule has 0 aromatic heterocycles. The Morgan fingerprint density at radius 2 is 0.629 bits per heavy atom. The zero-order chi connectivity index (χ0) is 61.3. The monoisotopic (exact) mass is 1180 g/mol. The molecular formula is C78H47F8NO2. The van der Waals surface area contributed by atoms with Gasteiger partial charge in [0.25, 0.3) is 0 Å². The number of fused-ring (bicyclic) bond motifs is 6. The van der Waals surface area contributed by atoms with Gasteiger partial charge in [0, 0.05) is 40.3 Å². The fourth-order valence-electron chi connectivity index (χ4n) is 13.1. The van der Waals surface area contributed by atoms with Gasteiger partial charge in [0.1, 0.15) is 23.0 Å². The predicted octanol–water partition coefficient (Wildman–Crippen LogP) is 21.5. The van der Waals surface area contributed by atoms with Crippen LogP contribution in [0.5, 0.6) is 23.0 Å². The molecule has 2 aliphatic carbocycles. The summed E-state index contributed by atoms with van der Waals surface area (Å²) in [5.41, 5.74) is 2.25. The summed E-state index contributed by atoms with van der Waals surface area (Å²) in [5.74, 6) is -11.2. The van der Waals surface area contributed by atoms with E-state index in [1.54, 1.807) is 170 Å². The molecule has 0 fully saturated rings. The van der Waals surface area contributed by atoms with E-state index < -0.39 is 68.5 Å². The smallest absolute Gasteiger partial charge is 0.166 e. The largest absolute Gasteiger partial charge is 0.457 e. The van der Waals surface area contributed by atoms with E-state index in [4.69, 9.17) is 9.47 Å². The van der Waals surface area contributed by atoms with Gasteiger partial charge < -0.3 is 14.4 Å². The van der Waals surface area contributed by atoms with Crippen molar-refractivity contribution in [2.24, 2.45) is 0 Å². The first-order chi connectivity index (χ1) is 43.3. The first kappa shape index (κ1) is 55.8. The lowest BCUT2D eigenvalue weighted by molar-refractivity contribution is 0.426. The Labute approximate surface area is 507 Å². The zero-order valence-electron chi connectivity index (χ0n) is 47.0. The third kappa shape index (κ3) is 9.02. The minimum atomic E-state index is -2.11. The van der Waals surface area contributed by atoms with Crippen LogP contribution in [0.1, 0.15) is 55.6 Å². The van der Waals surface area contributed by atoms with Gasteiger partial charge in [0.05, 0.1) is 10.8 Å². The van der Waals surface area contributed by atoms with Crippen molar-refractivity contribution in [1.82, 2.24) is 0 Å². The van der Waals surface area contributed by atoms with Gasteiger partial charge in [-0.15, -0.1) is 0 Å². The van der Waals surface area contributed by atoms with Crippen molar-refractivity contribution in [3.05, 3.63) is 364 Å². The van der Waals surface area contributed by atoms with Crippen molar-refractivity contribution in [3.8, 4) is 56.4 Å². The molecule has 0 radical (unpaired) electrons. The van der Waals surface area contributed by atoms with Gasteiger partial charge >= 0.3 is 0 Å². The number of ether oxygens (including phenoxy) is 2. The highest BCUT2D eigenvalue weighted by Gasteiger charge is 2.53. The van der Waals surface area contributed by atoms with Crippen molar-refractivity contribution in [1.29, 1.82) is 0 Å². The van der Waals surface area contributed by atoms with Crippen LogP contribution in [0.3, 0.4) is 0 Å². The normalized spacial score (nSPS) is 15.1. The molecule has 2 unspecified atom stereocenters. The molecule has 2 aliphatic rings. The highest BCUT2D eigenvalue weighted by molar-refractivity contribution is 5.93. The lowest BCUT2D eigenvalue weighted by atomic mass is 9.67. The standard InChI is InChI=1S/C78H47F8NO2/c1-3-46-18-32-55(33-19-46)88-57-36-24-50(25-37-57)77(71-73(83)67(79)44-68(80)74(71)84)63-16-10-8-14-59(63)61-40-30-53(42-65(61)77)87(52-28-22-49(23-29-52)48-12-6-5-7-13-48)54-31-41-62-60-15-9-11-17-64(60)78(66(62)43-54,72-75(85)69(81)45-70(82)76(72)86)51-26-38-58(39-27-51)89-56-34-20-47(4-2)21-35-56/h3-45H,1-2H2. The Balaban J connectivity index is 1.01. The van der Waals surface area contributed by atoms with Crippen molar-refractivity contribution >= 4 is 29.2 Å². The molecule has 0 N–H and O–H groups in total. The lowest BCUT2D eigenvalue weighted by Gasteiger charge is -2.36. The molecule has 14 rings (SSSR count). The molecule has 0 amide bonds. The maximum absolute atomic E-state index is 17.3. The van der Waals surface area contributed by atoms with Crippen LogP contribution in [-0.4, -0.2) is 0 Å². The lowest BCUT2D eigenvalue weighted by Crippen LogP contribution is -2.32. The molecule has 0 spiro atoms. The van der Waals surface area contributed by atoms with Crippen LogP contribution in [0.2, 0.25) is 0 Å². The van der Waals surface area contributed by atoms with Gasteiger partial charge in [-0.2, -0.15) is 0 Å². The summed E-state index contributed by atoms with van der Waals surface area (Å²) in [6.45, 7) is 7.63. The van der Waals surface area contributed by atoms with Crippen LogP contribution < -0.4 is 14.4 Å². The summed E-state index contributed by atoms with van der Waals surface area (Å²) in [6, 6.07) is 69.1. The Bertz CT molecular complexity index is 4470. The van der Waals surface area contributed by atoms with Crippen LogP contribution in [0.15, 0.2) is 262 Å². The van der Waals surface area contributed by atoms with Gasteiger partial charge in [-0.1, -0.05) is 177 Å². The van der Waals surface area contributed by atoms with Gasteiger partial charge in [-0.3, -0.25) is 0 Å². The van der Waals surface area contributed by atoms with Crippen LogP contribution in [-0.2, 0) is 10.8 Å². The average Bonchev–Trinajstić information content (AvgIpc) is 1.59. The van der Waals surface area contributed by atoms with Crippen LogP contribution >= 0.6 is 0 Å². The van der Waals surface area contributed by atoms with Gasteiger partial charge in [-0.05, 0) is 163 Å². The number of anilines is 3. The Morgan fingerprint density at radius 1 is 0.303 bits per heavy atom. The second-order valence-electron chi connectivity index (χ2n) is 21.8. The molecule has 89 heavy (non-hydrogen) atoms. The summed E-state index contributed by atoms with van der Waals surface area (Å²) in [7, 11) is 0. The SMILES string of the molecule is C=Cc1ccc(Oc2ccc(C3(c4c(F)c(F)cc(F)c4F)c4ccccc4-c4ccc(N(c5ccc(-c6ccccc6)cc5)c5ccc6c(c5)C(c5ccc(Oc7ccc(C=C)cc7)cc5)(c5c(F)c(F)cc(F)c5F)c5ccccc5-6)cc43)cc2)cc1. The van der Waals surface area contributed by atoms with E-state index in [1.165, 1.54) is 0 Å². The van der Waals surface area contributed by atoms with Crippen molar-refractivity contribution < 1.29 is 44.6 Å². The topological polar surface area (TPSA) is 21.7 Å². The zero-order valence-corrected chi connectivity index (χ0v) is 47.0. The number of rotatable bonds is 14. The summed E-state index contributed by atoms with van der Waals surface area (Å²) >= 11 is 0. The molecule has 2 atom stereocenters. The molecule has 12 aromatic carbocycles. The molecule has 3 nitrogen and oxygen atoms in total. The highest BCUT2D eigenvalue weighted by atomic mass is 19.2. The maximum Gasteiger partial charge on any atom is 0.166 e. The molecular weight excluding hydrogens is 1130 g/mol. The molecule has 432 valence electrons. The van der Waals surface area contributed by atoms with E-state index in [2.05, 4.69) is 13.2 Å². The van der Waals surface area contributed by atoms with E-state index in [1.807, 2.05) is 83.8 Å². The highest BCUT2D eigenvalue weighted by Crippen LogP contribution is 2.61. The molecule has 0 bridgehead atoms. The quantitative estimate of drug-likeness (QED) is 0.0800. The molecule has 12 aromatic rings. The minimum Gasteiger partial charge on any atom is -0.457 e. The van der Waals surface area contributed by atoms with E-state index >= 15 is 35.1 Å². The number of nitrogens with zero attached hydrogens (tertiary/aromatic N) is 1. The Hall–Kier alpha value is -11.0. The van der Waals surface area contributed by atoms with Crippen LogP contribution in [0.25, 0.3) is 45.5 Å². The molecule has 11 heteroatoms. The summed E-state index contributed by atoms with van der Waals surface area (Å²) in [6.07, 6.45) is 3.38. The van der Waals surface area contributed by atoms with Crippen molar-refractivity contribution in [2.45, 2.75) is 10.8 Å². The Morgan fingerprint density at radius 3 is 1.01 bits per heavy atom. The number of hydrogen-bond donors (Lipinski definition) is 0. The molecule has 0 heterocycles. The van der Waals surface area contributed by atoms with Gasteiger partial charge in [0.2, 0.25) is 0 Å². The van der Waals surface area contributed by atoms with Crippen molar-refractivity contribution in [2.75, 3.05) is 4.90 Å². The fraction of sp³-hybridized carbons (Fsp3) is 0.0256. The molecule has 0 saturated carbocycles. The van der Waals surface area contributed by atoms with Crippen molar-refractivity contribution in [3.63, 3.8) is 0 Å². The second kappa shape index (κ2) is 22.0. The maximum atomic E-state index is 17.3. The van der Waals surface area contributed by atoms with Crippen LogP contribution in [0, 0.1) is 46.5 Å². The van der Waals surface area contributed by atoms with Gasteiger partial charge in [0.15, 0.2) is 46.5 Å². The van der Waals surface area contributed by atoms with E-state index in [9.17, 15) is 0 Å². The number of hydrogen-bond acceptors (Lipinski definition) is 3. The van der Waals surface area contributed by atoms with Crippen LogP contribution in [0.4, 0.5) is 52.2 Å². The van der Waals surface area contributed by atoms with E-state index in [0.29, 0.717) is 73.4 Å². The predicted molar refractivity (Wildman–Crippen MR) is 334 cm³/mol. The third-order valence-corrected chi connectivity index (χ3v) is 17.1. The van der Waals surface area contributed by atoms with E-state index in [0.717, 1.165) is 22.3 Å². The van der Waals surface area contributed by atoms with Gasteiger partial charge in [-0.25, -0.2) is 35.1 Å². The first-order valence-electron chi connectivity index (χ1n) is 28.4. The first-order valence-corrected chi connectivity index (χ1v) is 28.4. The second-order valence-corrected chi connectivity index (χ2v) is 21.8. The summed E-state index contributed by atoms with van der Waals surface area (Å²) in [4.78, 5) is 1.83. The van der Waals surface area contributed by atoms with E-state index in [-0.39, 0.29) is 34.4 Å². The summed E-state index contributed by atoms with van der Waals surface area (Å²) < 4.78 is 146. The molecule has 0 saturated heterocycles. The third-order valence-electron chi connectivity index (χ3n) is 17.1. The molecule has 0 aliphatic heterocycles. The minimum absolute atomic E-state index is 0.184. The summed E-state index contributed by atoms with van der Waals surface area (Å²) in [5, 5.41) is 0. The fourth-order valence-corrected chi connectivity index (χ4v) is 13.1. The Kier molecular flexibility index (Phi) is 13.8. The number of halogens is 8. The number of benzene rings is 12.